The minimum absolute atomic E-state index is 0.0609. The van der Waals surface area contributed by atoms with E-state index in [4.69, 9.17) is 10.5 Å². The Bertz CT molecular complexity index is 998. The summed E-state index contributed by atoms with van der Waals surface area (Å²) >= 11 is 0. The number of aromatic nitrogens is 3. The highest BCUT2D eigenvalue weighted by Crippen LogP contribution is 2.38. The van der Waals surface area contributed by atoms with Gasteiger partial charge in [0.2, 0.25) is 11.8 Å². The third-order valence-corrected chi connectivity index (χ3v) is 7.73. The van der Waals surface area contributed by atoms with Crippen LogP contribution in [0.2, 0.25) is 0 Å². The van der Waals surface area contributed by atoms with Crippen molar-refractivity contribution in [2.75, 3.05) is 33.3 Å². The van der Waals surface area contributed by atoms with Crippen LogP contribution in [-0.4, -0.2) is 75.9 Å². The molecule has 9 nitrogen and oxygen atoms in total. The molecule has 176 valence electrons. The van der Waals surface area contributed by atoms with E-state index in [2.05, 4.69) is 15.2 Å². The number of nitrogens with two attached hydrogens (primary N) is 1. The molecule has 2 amide bonds. The van der Waals surface area contributed by atoms with Crippen molar-refractivity contribution in [3.05, 3.63) is 30.5 Å². The molecule has 6 rings (SSSR count). The van der Waals surface area contributed by atoms with Gasteiger partial charge in [-0.15, -0.1) is 5.10 Å². The van der Waals surface area contributed by atoms with Gasteiger partial charge in [0, 0.05) is 37.2 Å². The minimum atomic E-state index is -0.240. The van der Waals surface area contributed by atoms with Crippen molar-refractivity contribution >= 4 is 11.8 Å². The summed E-state index contributed by atoms with van der Waals surface area (Å²) < 4.78 is 7.15. The topological polar surface area (TPSA) is 107 Å². The van der Waals surface area contributed by atoms with E-state index in [1.807, 2.05) is 40.0 Å². The molecule has 1 aromatic heterocycles. The van der Waals surface area contributed by atoms with Gasteiger partial charge in [-0.3, -0.25) is 19.2 Å². The van der Waals surface area contributed by atoms with E-state index in [1.165, 1.54) is 0 Å². The number of nitrogens with zero attached hydrogens (tertiary/aromatic N) is 5. The number of hydrogen-bond acceptors (Lipinski definition) is 6. The van der Waals surface area contributed by atoms with E-state index in [0.29, 0.717) is 37.9 Å². The molecule has 0 saturated carbocycles. The number of ether oxygens (including phenoxy) is 1. The lowest BCUT2D eigenvalue weighted by Gasteiger charge is -2.50. The maximum absolute atomic E-state index is 13.2. The van der Waals surface area contributed by atoms with Crippen molar-refractivity contribution in [2.24, 2.45) is 23.5 Å². The zero-order valence-corrected chi connectivity index (χ0v) is 19.1. The molecule has 4 aliphatic heterocycles. The fourth-order valence-electron chi connectivity index (χ4n) is 5.72. The van der Waals surface area contributed by atoms with Crippen molar-refractivity contribution in [1.82, 2.24) is 24.8 Å². The van der Waals surface area contributed by atoms with Crippen molar-refractivity contribution in [2.45, 2.75) is 38.3 Å². The molecule has 2 N–H and O–H groups in total. The number of hydrogen-bond donors (Lipinski definition) is 1. The normalized spacial score (nSPS) is 27.5. The van der Waals surface area contributed by atoms with Crippen LogP contribution >= 0.6 is 0 Å². The number of carbonyl (C=O) groups is 2. The van der Waals surface area contributed by atoms with Crippen LogP contribution in [-0.2, 0) is 16.1 Å². The summed E-state index contributed by atoms with van der Waals surface area (Å²) in [6.07, 6.45) is 5.45. The molecule has 33 heavy (non-hydrogen) atoms. The fraction of sp³-hybridized carbons (Fsp3) is 0.583. The Morgan fingerprint density at radius 1 is 1.12 bits per heavy atom. The number of primary amides is 1. The van der Waals surface area contributed by atoms with Crippen LogP contribution in [0.25, 0.3) is 11.3 Å². The minimum Gasteiger partial charge on any atom is -0.497 e. The van der Waals surface area contributed by atoms with Crippen LogP contribution in [0.15, 0.2) is 30.5 Å². The molecule has 4 atom stereocenters. The summed E-state index contributed by atoms with van der Waals surface area (Å²) in [4.78, 5) is 29.1. The number of fused-ring (bicyclic) bond motifs is 3. The predicted octanol–water partition coefficient (Wildman–Crippen LogP) is 1.39. The van der Waals surface area contributed by atoms with E-state index in [1.54, 1.807) is 7.11 Å². The first-order chi connectivity index (χ1) is 16.0. The van der Waals surface area contributed by atoms with Gasteiger partial charge in [-0.1, -0.05) is 5.21 Å². The molecule has 0 aliphatic carbocycles. The number of piperidine rings is 4. The average molecular weight is 453 g/mol. The van der Waals surface area contributed by atoms with Crippen LogP contribution in [0.1, 0.15) is 25.7 Å². The molecular formula is C24H32N6O3. The van der Waals surface area contributed by atoms with Gasteiger partial charge in [0.1, 0.15) is 11.4 Å². The Hall–Kier alpha value is -2.94. The van der Waals surface area contributed by atoms with Crippen LogP contribution in [0, 0.1) is 17.8 Å². The summed E-state index contributed by atoms with van der Waals surface area (Å²) in [5.41, 5.74) is 7.30. The van der Waals surface area contributed by atoms with Crippen LogP contribution < -0.4 is 10.5 Å². The lowest BCUT2D eigenvalue weighted by molar-refractivity contribution is -0.146. The summed E-state index contributed by atoms with van der Waals surface area (Å²) in [5, 5.41) is 8.71. The number of rotatable bonds is 6. The Labute approximate surface area is 193 Å². The Morgan fingerprint density at radius 2 is 1.88 bits per heavy atom. The highest BCUT2D eigenvalue weighted by Gasteiger charge is 2.45. The second kappa shape index (κ2) is 9.13. The van der Waals surface area contributed by atoms with Crippen molar-refractivity contribution in [1.29, 1.82) is 0 Å². The second-order valence-corrected chi connectivity index (χ2v) is 9.60. The maximum atomic E-state index is 13.2. The van der Waals surface area contributed by atoms with Gasteiger partial charge in [-0.05, 0) is 62.4 Å². The highest BCUT2D eigenvalue weighted by molar-refractivity contribution is 5.81. The van der Waals surface area contributed by atoms with Crippen LogP contribution in [0.5, 0.6) is 5.75 Å². The van der Waals surface area contributed by atoms with Gasteiger partial charge >= 0.3 is 0 Å². The summed E-state index contributed by atoms with van der Waals surface area (Å²) in [7, 11) is 1.66. The molecule has 0 radical (unpaired) electrons. The molecular weight excluding hydrogens is 420 g/mol. The van der Waals surface area contributed by atoms with Crippen molar-refractivity contribution in [3.63, 3.8) is 0 Å². The van der Waals surface area contributed by atoms with E-state index < -0.39 is 0 Å². The largest absolute Gasteiger partial charge is 0.497 e. The van der Waals surface area contributed by atoms with E-state index >= 15 is 0 Å². The van der Waals surface area contributed by atoms with Gasteiger partial charge in [-0.2, -0.15) is 0 Å². The summed E-state index contributed by atoms with van der Waals surface area (Å²) in [5.74, 6) is 1.22. The van der Waals surface area contributed by atoms with E-state index in [9.17, 15) is 9.59 Å². The number of benzene rings is 1. The van der Waals surface area contributed by atoms with E-state index in [0.717, 1.165) is 49.5 Å². The summed E-state index contributed by atoms with van der Waals surface area (Å²) in [6.45, 7) is 3.91. The van der Waals surface area contributed by atoms with Gasteiger partial charge in [-0.25, -0.2) is 0 Å². The number of methoxy groups -OCH3 is 1. The average Bonchev–Trinajstić information content (AvgIpc) is 3.32. The standard InChI is InChI=1S/C24H32N6O3/c1-33-20-4-2-16(3-5-20)22-15-30(27-26-22)13-19-12-18-8-11-29(19)14-21(18)24(32)28-9-6-17(7-10-28)23(25)31/h2-5,15,17-19,21H,6-14H2,1H3,(H2,25,31)/t18-,19-,21+/m1/s1. The zero-order valence-electron chi connectivity index (χ0n) is 19.1. The number of likely N-dealkylation sites (tertiary alicyclic amines) is 1. The monoisotopic (exact) mass is 452 g/mol. The molecule has 4 fully saturated rings. The SMILES string of the molecule is COc1ccc(-c2cn(C[C@H]3C[C@H]4CCN3C[C@@H]4C(=O)N3CCC(C(N)=O)CC3)nn2)cc1. The van der Waals surface area contributed by atoms with Crippen molar-refractivity contribution in [3.8, 4) is 17.0 Å². The maximum Gasteiger partial charge on any atom is 0.227 e. The van der Waals surface area contributed by atoms with E-state index in [-0.39, 0.29) is 23.7 Å². The van der Waals surface area contributed by atoms with Gasteiger partial charge in [0.05, 0.1) is 25.8 Å². The Balaban J connectivity index is 1.18. The molecule has 1 aromatic carbocycles. The quantitative estimate of drug-likeness (QED) is 0.710. The molecule has 4 aliphatic rings. The molecule has 5 heterocycles. The van der Waals surface area contributed by atoms with Crippen LogP contribution in [0.4, 0.5) is 0 Å². The predicted molar refractivity (Wildman–Crippen MR) is 122 cm³/mol. The molecule has 9 heteroatoms. The van der Waals surface area contributed by atoms with Gasteiger partial charge in [0.25, 0.3) is 0 Å². The zero-order chi connectivity index (χ0) is 22.9. The smallest absolute Gasteiger partial charge is 0.227 e. The number of amides is 2. The molecule has 4 saturated heterocycles. The molecule has 2 bridgehead atoms. The fourth-order valence-corrected chi connectivity index (χ4v) is 5.72. The first-order valence-electron chi connectivity index (χ1n) is 11.9. The molecule has 2 aromatic rings. The number of carbonyl (C=O) groups excluding carboxylic acids is 2. The third-order valence-electron chi connectivity index (χ3n) is 7.73. The summed E-state index contributed by atoms with van der Waals surface area (Å²) in [6, 6.07) is 8.20. The van der Waals surface area contributed by atoms with Crippen molar-refractivity contribution < 1.29 is 14.3 Å². The van der Waals surface area contributed by atoms with Gasteiger partial charge in [0.15, 0.2) is 0 Å². The lowest BCUT2D eigenvalue weighted by atomic mass is 9.74. The Kier molecular flexibility index (Phi) is 6.05. The first kappa shape index (κ1) is 21.9. The second-order valence-electron chi connectivity index (χ2n) is 9.60. The third kappa shape index (κ3) is 4.46. The molecule has 0 spiro atoms. The van der Waals surface area contributed by atoms with Gasteiger partial charge < -0.3 is 15.4 Å². The Morgan fingerprint density at radius 3 is 2.52 bits per heavy atom. The first-order valence-corrected chi connectivity index (χ1v) is 11.9. The van der Waals surface area contributed by atoms with Crippen LogP contribution in [0.3, 0.4) is 0 Å². The lowest BCUT2D eigenvalue weighted by Crippen LogP contribution is -2.59. The highest BCUT2D eigenvalue weighted by atomic mass is 16.5. The molecule has 1 unspecified atom stereocenters.